The second kappa shape index (κ2) is 9.44. The lowest BCUT2D eigenvalue weighted by Gasteiger charge is -2.11. The van der Waals surface area contributed by atoms with Crippen LogP contribution in [0.2, 0.25) is 5.02 Å². The molecule has 0 amide bonds. The number of aryl methyl sites for hydroxylation is 1. The Balaban J connectivity index is 1.66. The summed E-state index contributed by atoms with van der Waals surface area (Å²) in [7, 11) is -3.90. The molecule has 4 rings (SSSR count). The van der Waals surface area contributed by atoms with E-state index in [0.29, 0.717) is 16.1 Å². The first-order valence-electron chi connectivity index (χ1n) is 9.94. The van der Waals surface area contributed by atoms with Crippen molar-refractivity contribution < 1.29 is 17.9 Å². The zero-order valence-corrected chi connectivity index (χ0v) is 19.1. The molecule has 0 aliphatic rings. The number of esters is 1. The summed E-state index contributed by atoms with van der Waals surface area (Å²) in [5.41, 5.74) is 1.81. The van der Waals surface area contributed by atoms with Gasteiger partial charge in [0.1, 0.15) is 5.75 Å². The molecule has 0 radical (unpaired) electrons. The highest BCUT2D eigenvalue weighted by Gasteiger charge is 2.15. The van der Waals surface area contributed by atoms with Crippen molar-refractivity contribution in [3.05, 3.63) is 107 Å². The van der Waals surface area contributed by atoms with Crippen LogP contribution in [0.3, 0.4) is 0 Å². The fourth-order valence-corrected chi connectivity index (χ4v) is 4.17. The summed E-state index contributed by atoms with van der Waals surface area (Å²) in [6.45, 7) is 1.89. The molecule has 1 N–H and O–H groups in total. The molecule has 4 aromatic carbocycles. The van der Waals surface area contributed by atoms with Gasteiger partial charge in [0.25, 0.3) is 10.0 Å². The Morgan fingerprint density at radius 3 is 2.48 bits per heavy atom. The molecular formula is C25H19ClN2O4S. The molecule has 0 bridgehead atoms. The van der Waals surface area contributed by atoms with Gasteiger partial charge in [-0.2, -0.15) is 13.5 Å². The van der Waals surface area contributed by atoms with Gasteiger partial charge in [0.2, 0.25) is 0 Å². The molecule has 0 aliphatic heterocycles. The number of hydrogen-bond donors (Lipinski definition) is 1. The van der Waals surface area contributed by atoms with Crippen LogP contribution >= 0.6 is 11.6 Å². The molecule has 0 spiro atoms. The van der Waals surface area contributed by atoms with Gasteiger partial charge < -0.3 is 4.74 Å². The van der Waals surface area contributed by atoms with Crippen LogP contribution in [-0.4, -0.2) is 20.6 Å². The van der Waals surface area contributed by atoms with Gasteiger partial charge in [-0.05, 0) is 60.2 Å². The molecule has 6 nitrogen and oxygen atoms in total. The number of rotatable bonds is 6. The third-order valence-electron chi connectivity index (χ3n) is 4.88. The molecule has 8 heteroatoms. The number of carbonyl (C=O) groups excluding carboxylic acids is 1. The molecule has 33 heavy (non-hydrogen) atoms. The van der Waals surface area contributed by atoms with E-state index < -0.39 is 16.0 Å². The van der Waals surface area contributed by atoms with Gasteiger partial charge in [-0.3, -0.25) is 0 Å². The van der Waals surface area contributed by atoms with Gasteiger partial charge in [0, 0.05) is 10.6 Å². The van der Waals surface area contributed by atoms with Crippen molar-refractivity contribution in [2.24, 2.45) is 5.10 Å². The van der Waals surface area contributed by atoms with E-state index in [1.165, 1.54) is 30.5 Å². The third-order valence-corrected chi connectivity index (χ3v) is 6.37. The van der Waals surface area contributed by atoms with Gasteiger partial charge in [-0.25, -0.2) is 9.63 Å². The molecular weight excluding hydrogens is 460 g/mol. The Morgan fingerprint density at radius 2 is 1.73 bits per heavy atom. The van der Waals surface area contributed by atoms with Crippen LogP contribution in [0.25, 0.3) is 10.8 Å². The summed E-state index contributed by atoms with van der Waals surface area (Å²) in [4.78, 5) is 14.9. The number of carbonyl (C=O) groups is 1. The highest BCUT2D eigenvalue weighted by Crippen LogP contribution is 2.27. The first-order valence-corrected chi connectivity index (χ1v) is 11.8. The molecule has 166 valence electrons. The van der Waals surface area contributed by atoms with Crippen molar-refractivity contribution in [1.29, 1.82) is 0 Å². The average Bonchev–Trinajstić information content (AvgIpc) is 2.80. The van der Waals surface area contributed by atoms with E-state index in [-0.39, 0.29) is 10.6 Å². The van der Waals surface area contributed by atoms with Crippen LogP contribution in [0.15, 0.2) is 94.9 Å². The number of sulfonamides is 1. The monoisotopic (exact) mass is 478 g/mol. The normalized spacial score (nSPS) is 11.6. The third kappa shape index (κ3) is 5.22. The number of nitrogens with zero attached hydrogens (tertiary/aromatic N) is 1. The second-order valence-corrected chi connectivity index (χ2v) is 9.36. The zero-order chi connectivity index (χ0) is 23.4. The van der Waals surface area contributed by atoms with E-state index in [9.17, 15) is 13.2 Å². The van der Waals surface area contributed by atoms with Crippen molar-refractivity contribution in [3.63, 3.8) is 0 Å². The van der Waals surface area contributed by atoms with Crippen LogP contribution in [0.4, 0.5) is 0 Å². The lowest BCUT2D eigenvalue weighted by molar-refractivity contribution is 0.0734. The summed E-state index contributed by atoms with van der Waals surface area (Å²) in [6.07, 6.45) is 1.33. The van der Waals surface area contributed by atoms with E-state index in [1.54, 1.807) is 24.3 Å². The van der Waals surface area contributed by atoms with Crippen molar-refractivity contribution in [2.45, 2.75) is 11.8 Å². The number of benzene rings is 4. The van der Waals surface area contributed by atoms with Crippen molar-refractivity contribution in [2.75, 3.05) is 0 Å². The minimum Gasteiger partial charge on any atom is -0.422 e. The van der Waals surface area contributed by atoms with Crippen LogP contribution in [-0.2, 0) is 10.0 Å². The van der Waals surface area contributed by atoms with Crippen molar-refractivity contribution in [1.82, 2.24) is 4.83 Å². The molecule has 0 saturated carbocycles. The zero-order valence-electron chi connectivity index (χ0n) is 17.5. The standard InChI is InChI=1S/C25H19ClN2O4S/c1-17-5-4-7-19(15-17)25(29)32-24-14-9-18-6-2-3-8-22(18)23(24)16-27-28-33(30,31)21-12-10-20(26)11-13-21/h2-16,28H,1H3. The minimum absolute atomic E-state index is 0.0214. The second-order valence-electron chi connectivity index (χ2n) is 7.26. The number of ether oxygens (including phenoxy) is 1. The maximum absolute atomic E-state index is 12.7. The van der Waals surface area contributed by atoms with Gasteiger partial charge in [-0.1, -0.05) is 59.6 Å². The Morgan fingerprint density at radius 1 is 0.970 bits per heavy atom. The molecule has 0 heterocycles. The molecule has 0 aromatic heterocycles. The SMILES string of the molecule is Cc1cccc(C(=O)Oc2ccc3ccccc3c2C=NNS(=O)(=O)c2ccc(Cl)cc2)c1. The summed E-state index contributed by atoms with van der Waals surface area (Å²) < 4.78 is 30.7. The molecule has 0 atom stereocenters. The maximum Gasteiger partial charge on any atom is 0.343 e. The fourth-order valence-electron chi connectivity index (χ4n) is 3.26. The molecule has 0 aliphatic carbocycles. The largest absolute Gasteiger partial charge is 0.422 e. The van der Waals surface area contributed by atoms with E-state index in [1.807, 2.05) is 43.3 Å². The summed E-state index contributed by atoms with van der Waals surface area (Å²) in [6, 6.07) is 23.7. The van der Waals surface area contributed by atoms with Gasteiger partial charge in [0.15, 0.2) is 0 Å². The topological polar surface area (TPSA) is 84.8 Å². The summed E-state index contributed by atoms with van der Waals surface area (Å²) >= 11 is 5.83. The highest BCUT2D eigenvalue weighted by molar-refractivity contribution is 7.89. The Labute approximate surface area is 196 Å². The van der Waals surface area contributed by atoms with Crippen molar-refractivity contribution in [3.8, 4) is 5.75 Å². The number of hydrogen-bond acceptors (Lipinski definition) is 5. The van der Waals surface area contributed by atoms with Crippen molar-refractivity contribution >= 4 is 44.6 Å². The smallest absolute Gasteiger partial charge is 0.343 e. The first-order chi connectivity index (χ1) is 15.8. The number of halogens is 1. The fraction of sp³-hybridized carbons (Fsp3) is 0.0400. The highest BCUT2D eigenvalue weighted by atomic mass is 35.5. The number of nitrogens with one attached hydrogen (secondary N) is 1. The first kappa shape index (κ1) is 22.5. The minimum atomic E-state index is -3.90. The van der Waals surface area contributed by atoms with Crippen LogP contribution in [0.1, 0.15) is 21.5 Å². The lowest BCUT2D eigenvalue weighted by atomic mass is 10.0. The number of hydrazone groups is 1. The Bertz CT molecular complexity index is 1470. The maximum atomic E-state index is 12.7. The van der Waals surface area contributed by atoms with E-state index in [2.05, 4.69) is 9.93 Å². The average molecular weight is 479 g/mol. The van der Waals surface area contributed by atoms with Crippen LogP contribution in [0, 0.1) is 6.92 Å². The summed E-state index contributed by atoms with van der Waals surface area (Å²) in [5, 5.41) is 5.99. The quantitative estimate of drug-likeness (QED) is 0.175. The molecule has 0 unspecified atom stereocenters. The van der Waals surface area contributed by atoms with Crippen LogP contribution < -0.4 is 9.57 Å². The predicted octanol–water partition coefficient (Wildman–Crippen LogP) is 5.33. The lowest BCUT2D eigenvalue weighted by Crippen LogP contribution is -2.18. The van der Waals surface area contributed by atoms with Gasteiger partial charge >= 0.3 is 5.97 Å². The molecule has 0 saturated heterocycles. The Kier molecular flexibility index (Phi) is 6.44. The molecule has 4 aromatic rings. The number of fused-ring (bicyclic) bond motifs is 1. The van der Waals surface area contributed by atoms with E-state index in [0.717, 1.165) is 16.3 Å². The van der Waals surface area contributed by atoms with Crippen LogP contribution in [0.5, 0.6) is 5.75 Å². The van der Waals surface area contributed by atoms with Gasteiger partial charge in [0.05, 0.1) is 16.7 Å². The Hall–Kier alpha value is -3.68. The molecule has 0 fully saturated rings. The predicted molar refractivity (Wildman–Crippen MR) is 129 cm³/mol. The van der Waals surface area contributed by atoms with E-state index in [4.69, 9.17) is 16.3 Å². The van der Waals surface area contributed by atoms with Gasteiger partial charge in [-0.15, -0.1) is 0 Å². The summed E-state index contributed by atoms with van der Waals surface area (Å²) in [5.74, 6) is -0.264. The van der Waals surface area contributed by atoms with E-state index >= 15 is 0 Å².